The fourth-order valence-electron chi connectivity index (χ4n) is 2.40. The fraction of sp³-hybridized carbons (Fsp3) is 0.529. The lowest BCUT2D eigenvalue weighted by Gasteiger charge is -2.15. The highest BCUT2D eigenvalue weighted by atomic mass is 32.2. The fourth-order valence-corrected chi connectivity index (χ4v) is 3.02. The van der Waals surface area contributed by atoms with Gasteiger partial charge < -0.3 is 15.4 Å². The van der Waals surface area contributed by atoms with Crippen LogP contribution in [-0.4, -0.2) is 42.5 Å². The van der Waals surface area contributed by atoms with E-state index in [1.54, 1.807) is 0 Å². The molecule has 0 spiro atoms. The summed E-state index contributed by atoms with van der Waals surface area (Å²) < 4.78 is 5.64. The minimum atomic E-state index is -0.380. The Bertz CT molecular complexity index is 536. The maximum absolute atomic E-state index is 11.9. The van der Waals surface area contributed by atoms with Crippen LogP contribution in [0.3, 0.4) is 0 Å². The third-order valence-electron chi connectivity index (χ3n) is 3.59. The molecule has 2 rings (SSSR count). The van der Waals surface area contributed by atoms with Gasteiger partial charge in [-0.1, -0.05) is 12.1 Å². The first kappa shape index (κ1) is 17.7. The summed E-state index contributed by atoms with van der Waals surface area (Å²) in [7, 11) is 0. The first-order valence-electron chi connectivity index (χ1n) is 7.99. The van der Waals surface area contributed by atoms with Crippen LogP contribution < -0.4 is 15.4 Å². The summed E-state index contributed by atoms with van der Waals surface area (Å²) in [4.78, 5) is 23.7. The summed E-state index contributed by atoms with van der Waals surface area (Å²) in [5.41, 5.74) is 1.16. The lowest BCUT2D eigenvalue weighted by Crippen LogP contribution is -2.46. The van der Waals surface area contributed by atoms with Crippen molar-refractivity contribution in [2.45, 2.75) is 32.2 Å². The topological polar surface area (TPSA) is 67.4 Å². The highest BCUT2D eigenvalue weighted by Crippen LogP contribution is 2.13. The van der Waals surface area contributed by atoms with E-state index in [-0.39, 0.29) is 17.9 Å². The van der Waals surface area contributed by atoms with Crippen molar-refractivity contribution >= 4 is 23.6 Å². The zero-order chi connectivity index (χ0) is 16.5. The van der Waals surface area contributed by atoms with Gasteiger partial charge in [0.25, 0.3) is 0 Å². The van der Waals surface area contributed by atoms with Crippen molar-refractivity contribution in [3.63, 3.8) is 0 Å². The number of carbonyl (C=O) groups is 2. The van der Waals surface area contributed by atoms with Gasteiger partial charge in [-0.25, -0.2) is 0 Å². The molecule has 2 amide bonds. The maximum atomic E-state index is 11.9. The van der Waals surface area contributed by atoms with Gasteiger partial charge in [0.05, 0.1) is 12.4 Å². The molecule has 6 heteroatoms. The standard InChI is InChI=1S/C17H24N2O3S/c1-13-5-4-6-14(11-13)22-9-10-23-12-16(20)19-15-7-2-3-8-18-17(15)21/h4-6,11,15H,2-3,7-10,12H2,1H3,(H,18,21)(H,19,20)/t15-/m0/s1. The molecule has 1 aromatic rings. The lowest BCUT2D eigenvalue weighted by atomic mass is 10.1. The van der Waals surface area contributed by atoms with Crippen molar-refractivity contribution < 1.29 is 14.3 Å². The number of hydrogen-bond acceptors (Lipinski definition) is 4. The van der Waals surface area contributed by atoms with E-state index in [1.807, 2.05) is 31.2 Å². The van der Waals surface area contributed by atoms with Crippen molar-refractivity contribution in [3.05, 3.63) is 29.8 Å². The molecule has 1 aliphatic heterocycles. The number of amides is 2. The number of nitrogens with one attached hydrogen (secondary N) is 2. The molecule has 0 radical (unpaired) electrons. The molecule has 0 saturated carbocycles. The zero-order valence-corrected chi connectivity index (χ0v) is 14.3. The Hall–Kier alpha value is -1.69. The molecule has 5 nitrogen and oxygen atoms in total. The molecular weight excluding hydrogens is 312 g/mol. The molecule has 1 aliphatic rings. The van der Waals surface area contributed by atoms with Crippen LogP contribution in [-0.2, 0) is 9.59 Å². The van der Waals surface area contributed by atoms with E-state index in [4.69, 9.17) is 4.74 Å². The van der Waals surface area contributed by atoms with Gasteiger partial charge in [0, 0.05) is 12.3 Å². The van der Waals surface area contributed by atoms with Crippen LogP contribution in [0.25, 0.3) is 0 Å². The van der Waals surface area contributed by atoms with E-state index in [9.17, 15) is 9.59 Å². The normalized spacial score (nSPS) is 18.0. The number of carbonyl (C=O) groups excluding carboxylic acids is 2. The highest BCUT2D eigenvalue weighted by molar-refractivity contribution is 7.99. The van der Waals surface area contributed by atoms with E-state index in [2.05, 4.69) is 10.6 Å². The van der Waals surface area contributed by atoms with E-state index in [1.165, 1.54) is 11.8 Å². The molecule has 1 heterocycles. The Kier molecular flexibility index (Phi) is 7.26. The molecule has 1 saturated heterocycles. The average molecular weight is 336 g/mol. The van der Waals surface area contributed by atoms with Crippen LogP contribution in [0.15, 0.2) is 24.3 Å². The molecule has 23 heavy (non-hydrogen) atoms. The number of benzene rings is 1. The first-order chi connectivity index (χ1) is 11.1. The van der Waals surface area contributed by atoms with Crippen molar-refractivity contribution in [1.29, 1.82) is 0 Å². The minimum Gasteiger partial charge on any atom is -0.493 e. The second-order valence-electron chi connectivity index (χ2n) is 5.62. The van der Waals surface area contributed by atoms with Crippen LogP contribution in [0.4, 0.5) is 0 Å². The third kappa shape index (κ3) is 6.52. The highest BCUT2D eigenvalue weighted by Gasteiger charge is 2.21. The van der Waals surface area contributed by atoms with Gasteiger partial charge in [0.1, 0.15) is 11.8 Å². The Morgan fingerprint density at radius 1 is 1.43 bits per heavy atom. The molecule has 1 fully saturated rings. The second kappa shape index (κ2) is 9.45. The zero-order valence-electron chi connectivity index (χ0n) is 13.5. The first-order valence-corrected chi connectivity index (χ1v) is 9.15. The molecule has 0 unspecified atom stereocenters. The number of aryl methyl sites for hydroxylation is 1. The van der Waals surface area contributed by atoms with Crippen molar-refractivity contribution in [2.24, 2.45) is 0 Å². The summed E-state index contributed by atoms with van der Waals surface area (Å²) >= 11 is 1.51. The summed E-state index contributed by atoms with van der Waals surface area (Å²) in [6.45, 7) is 3.29. The van der Waals surface area contributed by atoms with Crippen LogP contribution in [0.1, 0.15) is 24.8 Å². The quantitative estimate of drug-likeness (QED) is 0.746. The Morgan fingerprint density at radius 2 is 2.30 bits per heavy atom. The Morgan fingerprint density at radius 3 is 3.13 bits per heavy atom. The largest absolute Gasteiger partial charge is 0.493 e. The van der Waals surface area contributed by atoms with Crippen molar-refractivity contribution in [3.8, 4) is 5.75 Å². The summed E-state index contributed by atoms with van der Waals surface area (Å²) in [5.74, 6) is 1.78. The number of ether oxygens (including phenoxy) is 1. The van der Waals surface area contributed by atoms with Crippen molar-refractivity contribution in [1.82, 2.24) is 10.6 Å². The van der Waals surface area contributed by atoms with Gasteiger partial charge in [0.15, 0.2) is 0 Å². The van der Waals surface area contributed by atoms with Gasteiger partial charge in [-0.15, -0.1) is 11.8 Å². The number of hydrogen-bond donors (Lipinski definition) is 2. The predicted octanol–water partition coefficient (Wildman–Crippen LogP) is 1.89. The van der Waals surface area contributed by atoms with Gasteiger partial charge >= 0.3 is 0 Å². The van der Waals surface area contributed by atoms with E-state index in [0.717, 1.165) is 36.3 Å². The monoisotopic (exact) mass is 336 g/mol. The van der Waals surface area contributed by atoms with E-state index >= 15 is 0 Å². The molecule has 0 aliphatic carbocycles. The van der Waals surface area contributed by atoms with Gasteiger partial charge in [-0.3, -0.25) is 9.59 Å². The van der Waals surface area contributed by atoms with Crippen LogP contribution in [0.2, 0.25) is 0 Å². The lowest BCUT2D eigenvalue weighted by molar-refractivity contribution is -0.127. The van der Waals surface area contributed by atoms with Crippen LogP contribution in [0, 0.1) is 6.92 Å². The molecular formula is C17H24N2O3S. The van der Waals surface area contributed by atoms with Gasteiger partial charge in [-0.2, -0.15) is 0 Å². The van der Waals surface area contributed by atoms with Crippen LogP contribution >= 0.6 is 11.8 Å². The van der Waals surface area contributed by atoms with Crippen molar-refractivity contribution in [2.75, 3.05) is 24.7 Å². The molecule has 0 aromatic heterocycles. The molecule has 126 valence electrons. The maximum Gasteiger partial charge on any atom is 0.242 e. The Balaban J connectivity index is 1.60. The summed E-state index contributed by atoms with van der Waals surface area (Å²) in [6.07, 6.45) is 2.66. The average Bonchev–Trinajstić information content (AvgIpc) is 2.72. The molecule has 0 bridgehead atoms. The second-order valence-corrected chi connectivity index (χ2v) is 6.73. The summed E-state index contributed by atoms with van der Waals surface area (Å²) in [6, 6.07) is 7.52. The minimum absolute atomic E-state index is 0.0661. The number of thioether (sulfide) groups is 1. The van der Waals surface area contributed by atoms with E-state index < -0.39 is 0 Å². The molecule has 1 atom stereocenters. The molecule has 2 N–H and O–H groups in total. The Labute approximate surface area is 141 Å². The summed E-state index contributed by atoms with van der Waals surface area (Å²) in [5, 5.41) is 5.63. The SMILES string of the molecule is Cc1cccc(OCCSCC(=O)N[C@H]2CCCCNC2=O)c1. The van der Waals surface area contributed by atoms with Crippen LogP contribution in [0.5, 0.6) is 5.75 Å². The smallest absolute Gasteiger partial charge is 0.242 e. The molecule has 1 aromatic carbocycles. The van der Waals surface area contributed by atoms with Gasteiger partial charge in [-0.05, 0) is 43.9 Å². The third-order valence-corrected chi connectivity index (χ3v) is 4.51. The van der Waals surface area contributed by atoms with E-state index in [0.29, 0.717) is 18.9 Å². The van der Waals surface area contributed by atoms with Gasteiger partial charge in [0.2, 0.25) is 11.8 Å². The predicted molar refractivity (Wildman–Crippen MR) is 92.8 cm³/mol. The number of rotatable bonds is 7.